The summed E-state index contributed by atoms with van der Waals surface area (Å²) in [6.45, 7) is 2.07. The predicted octanol–water partition coefficient (Wildman–Crippen LogP) is 3.15. The number of morpholine rings is 1. The third-order valence-corrected chi connectivity index (χ3v) is 5.58. The van der Waals surface area contributed by atoms with Crippen molar-refractivity contribution in [1.82, 2.24) is 9.88 Å². The van der Waals surface area contributed by atoms with Crippen LogP contribution < -0.4 is 5.32 Å². The highest BCUT2D eigenvalue weighted by atomic mass is 32.1. The number of anilines is 1. The molecule has 5 nitrogen and oxygen atoms in total. The molecular formula is C18H21N3O2S. The van der Waals surface area contributed by atoms with Crippen LogP contribution in [0.1, 0.15) is 34.5 Å². The van der Waals surface area contributed by atoms with Crippen LogP contribution in [-0.4, -0.2) is 41.1 Å². The summed E-state index contributed by atoms with van der Waals surface area (Å²) in [4.78, 5) is 20.2. The van der Waals surface area contributed by atoms with Gasteiger partial charge in [-0.1, -0.05) is 6.07 Å². The van der Waals surface area contributed by atoms with Crippen LogP contribution in [0.4, 0.5) is 5.69 Å². The zero-order valence-electron chi connectivity index (χ0n) is 13.5. The highest BCUT2D eigenvalue weighted by Gasteiger charge is 2.38. The normalized spacial score (nSPS) is 23.1. The molecule has 1 saturated carbocycles. The monoisotopic (exact) mass is 343 g/mol. The molecular weight excluding hydrogens is 322 g/mol. The molecule has 0 unspecified atom stereocenters. The van der Waals surface area contributed by atoms with Gasteiger partial charge in [0.2, 0.25) is 0 Å². The first-order valence-corrected chi connectivity index (χ1v) is 9.33. The molecule has 2 heterocycles. The molecule has 1 aromatic carbocycles. The molecule has 1 aliphatic heterocycles. The highest BCUT2D eigenvalue weighted by molar-refractivity contribution is 7.09. The Kier molecular flexibility index (Phi) is 4.49. The molecule has 2 aromatic rings. The number of fused-ring (bicyclic) bond motifs is 1. The van der Waals surface area contributed by atoms with E-state index in [0.29, 0.717) is 13.2 Å². The Labute approximate surface area is 145 Å². The Morgan fingerprint density at radius 3 is 3.25 bits per heavy atom. The fourth-order valence-electron chi connectivity index (χ4n) is 3.62. The molecule has 1 aromatic heterocycles. The van der Waals surface area contributed by atoms with Crippen molar-refractivity contribution in [2.24, 2.45) is 0 Å². The summed E-state index contributed by atoms with van der Waals surface area (Å²) in [5.74, 6) is 0.122. The zero-order chi connectivity index (χ0) is 16.4. The Morgan fingerprint density at radius 2 is 2.38 bits per heavy atom. The van der Waals surface area contributed by atoms with Crippen LogP contribution in [0.15, 0.2) is 36.0 Å². The molecule has 24 heavy (non-hydrogen) atoms. The van der Waals surface area contributed by atoms with E-state index in [2.05, 4.69) is 10.3 Å². The second kappa shape index (κ2) is 6.91. The van der Waals surface area contributed by atoms with Gasteiger partial charge in [0, 0.05) is 28.9 Å². The van der Waals surface area contributed by atoms with Gasteiger partial charge in [0.25, 0.3) is 5.91 Å². The molecule has 0 spiro atoms. The number of hydrogen-bond acceptors (Lipinski definition) is 5. The number of aromatic nitrogens is 1. The van der Waals surface area contributed by atoms with Gasteiger partial charge in [0.15, 0.2) is 0 Å². The number of rotatable bonds is 4. The first kappa shape index (κ1) is 15.6. The number of ether oxygens (including phenoxy) is 1. The molecule has 6 heteroatoms. The van der Waals surface area contributed by atoms with Crippen LogP contribution in [0.2, 0.25) is 0 Å². The van der Waals surface area contributed by atoms with Crippen molar-refractivity contribution < 1.29 is 9.53 Å². The van der Waals surface area contributed by atoms with E-state index in [1.807, 2.05) is 40.9 Å². The minimum atomic E-state index is 0.122. The quantitative estimate of drug-likeness (QED) is 0.926. The third-order valence-electron chi connectivity index (χ3n) is 4.80. The fourth-order valence-corrected chi connectivity index (χ4v) is 4.16. The summed E-state index contributed by atoms with van der Waals surface area (Å²) < 4.78 is 5.81. The second-order valence-electron chi connectivity index (χ2n) is 6.31. The largest absolute Gasteiger partial charge is 0.380 e. The maximum Gasteiger partial charge on any atom is 0.254 e. The second-order valence-corrected chi connectivity index (χ2v) is 7.28. The summed E-state index contributed by atoms with van der Waals surface area (Å²) in [7, 11) is 0. The number of nitrogens with one attached hydrogen (secondary N) is 1. The maximum absolute atomic E-state index is 13.0. The van der Waals surface area contributed by atoms with Crippen LogP contribution >= 0.6 is 11.3 Å². The Morgan fingerprint density at radius 1 is 1.42 bits per heavy atom. The minimum absolute atomic E-state index is 0.122. The van der Waals surface area contributed by atoms with Crippen LogP contribution in [0, 0.1) is 0 Å². The van der Waals surface area contributed by atoms with Crippen LogP contribution in [0.3, 0.4) is 0 Å². The Bertz CT molecular complexity index is 704. The van der Waals surface area contributed by atoms with E-state index in [1.165, 1.54) is 4.88 Å². The summed E-state index contributed by atoms with van der Waals surface area (Å²) in [5, 5.41) is 3.37. The summed E-state index contributed by atoms with van der Waals surface area (Å²) in [6.07, 6.45) is 5.37. The van der Waals surface area contributed by atoms with Crippen molar-refractivity contribution >= 4 is 22.9 Å². The predicted molar refractivity (Wildman–Crippen MR) is 94.3 cm³/mol. The topological polar surface area (TPSA) is 54.5 Å². The van der Waals surface area contributed by atoms with E-state index in [4.69, 9.17) is 4.74 Å². The van der Waals surface area contributed by atoms with E-state index < -0.39 is 0 Å². The van der Waals surface area contributed by atoms with E-state index in [-0.39, 0.29) is 18.1 Å². The molecule has 126 valence electrons. The molecule has 1 N–H and O–H groups in total. The average Bonchev–Trinajstić information content (AvgIpc) is 3.30. The van der Waals surface area contributed by atoms with Crippen LogP contribution in [0.5, 0.6) is 0 Å². The van der Waals surface area contributed by atoms with Gasteiger partial charge >= 0.3 is 0 Å². The molecule has 0 bridgehead atoms. The number of thiazole rings is 1. The fraction of sp³-hybridized carbons (Fsp3) is 0.444. The number of hydrogen-bond donors (Lipinski definition) is 1. The van der Waals surface area contributed by atoms with E-state index in [1.54, 1.807) is 11.3 Å². The summed E-state index contributed by atoms with van der Waals surface area (Å²) in [5.41, 5.74) is 3.54. The number of nitrogens with zero attached hydrogens (tertiary/aromatic N) is 2. The number of carbonyl (C=O) groups excluding carboxylic acids is 1. The lowest BCUT2D eigenvalue weighted by Gasteiger charge is -2.37. The number of amides is 1. The van der Waals surface area contributed by atoms with Crippen molar-refractivity contribution in [1.29, 1.82) is 0 Å². The van der Waals surface area contributed by atoms with Gasteiger partial charge < -0.3 is 15.0 Å². The van der Waals surface area contributed by atoms with Crippen LogP contribution in [-0.2, 0) is 11.3 Å². The molecule has 2 fully saturated rings. The minimum Gasteiger partial charge on any atom is -0.380 e. The van der Waals surface area contributed by atoms with Crippen molar-refractivity contribution in [3.63, 3.8) is 0 Å². The summed E-state index contributed by atoms with van der Waals surface area (Å²) >= 11 is 1.62. The molecule has 4 rings (SSSR count). The van der Waals surface area contributed by atoms with Gasteiger partial charge in [-0.15, -0.1) is 11.3 Å². The molecule has 2 atom stereocenters. The average molecular weight is 343 g/mol. The lowest BCUT2D eigenvalue weighted by molar-refractivity contribution is -0.0445. The van der Waals surface area contributed by atoms with Crippen LogP contribution in [0.25, 0.3) is 0 Å². The first-order chi connectivity index (χ1) is 11.8. The van der Waals surface area contributed by atoms with E-state index in [9.17, 15) is 4.79 Å². The lowest BCUT2D eigenvalue weighted by Crippen LogP contribution is -2.51. The van der Waals surface area contributed by atoms with Gasteiger partial charge in [-0.3, -0.25) is 9.78 Å². The van der Waals surface area contributed by atoms with Gasteiger partial charge in [0.1, 0.15) is 0 Å². The van der Waals surface area contributed by atoms with Crippen molar-refractivity contribution in [3.05, 3.63) is 46.4 Å². The standard InChI is InChI=1S/C18H21N3O2S/c22-18(21-7-8-23-17-6-2-5-16(17)21)13-3-1-4-14(9-13)20-11-15-10-19-12-24-15/h1,3-4,9-10,12,16-17,20H,2,5-8,11H2/t16-,17+/m0/s1. The highest BCUT2D eigenvalue weighted by Crippen LogP contribution is 2.30. The van der Waals surface area contributed by atoms with Crippen molar-refractivity contribution in [2.45, 2.75) is 38.0 Å². The van der Waals surface area contributed by atoms with Gasteiger partial charge in [0.05, 0.1) is 30.8 Å². The van der Waals surface area contributed by atoms with E-state index in [0.717, 1.165) is 37.1 Å². The molecule has 1 aliphatic carbocycles. The Hall–Kier alpha value is -1.92. The van der Waals surface area contributed by atoms with Crippen molar-refractivity contribution in [2.75, 3.05) is 18.5 Å². The van der Waals surface area contributed by atoms with Gasteiger partial charge in [-0.05, 0) is 37.5 Å². The van der Waals surface area contributed by atoms with E-state index >= 15 is 0 Å². The molecule has 0 radical (unpaired) electrons. The molecule has 1 amide bonds. The molecule has 2 aliphatic rings. The van der Waals surface area contributed by atoms with Crippen molar-refractivity contribution in [3.8, 4) is 0 Å². The smallest absolute Gasteiger partial charge is 0.254 e. The lowest BCUT2D eigenvalue weighted by atomic mass is 10.1. The molecule has 1 saturated heterocycles. The Balaban J connectivity index is 1.47. The third kappa shape index (κ3) is 3.16. The summed E-state index contributed by atoms with van der Waals surface area (Å²) in [6, 6.07) is 8.03. The number of benzene rings is 1. The van der Waals surface area contributed by atoms with Gasteiger partial charge in [-0.25, -0.2) is 0 Å². The zero-order valence-corrected chi connectivity index (χ0v) is 14.3. The maximum atomic E-state index is 13.0. The first-order valence-electron chi connectivity index (χ1n) is 8.45. The SMILES string of the molecule is O=C(c1cccc(NCc2cncs2)c1)N1CCO[C@@H]2CCC[C@@H]21. The van der Waals surface area contributed by atoms with Gasteiger partial charge in [-0.2, -0.15) is 0 Å². The number of carbonyl (C=O) groups is 1.